The molecule has 0 saturated heterocycles. The monoisotopic (exact) mass is 747 g/mol. The van der Waals surface area contributed by atoms with Gasteiger partial charge in [-0.2, -0.15) is 0 Å². The predicted octanol–water partition coefficient (Wildman–Crippen LogP) is 13.2. The molecule has 1 unspecified atom stereocenters. The lowest BCUT2D eigenvalue weighted by Gasteiger charge is -2.18. The average Bonchev–Trinajstić information content (AvgIpc) is 3.17. The summed E-state index contributed by atoms with van der Waals surface area (Å²) in [4.78, 5) is 37.4. The molecule has 0 aromatic heterocycles. The Hall–Kier alpha value is -3.93. The molecular weight excluding hydrogens is 673 g/mol. The fourth-order valence-corrected chi connectivity index (χ4v) is 4.97. The van der Waals surface area contributed by atoms with E-state index in [1.54, 1.807) is 6.08 Å². The zero-order chi connectivity index (χ0) is 39.4. The fraction of sp³-hybridized carbons (Fsp3) is 0.562. The van der Waals surface area contributed by atoms with E-state index in [0.29, 0.717) is 12.8 Å². The molecule has 302 valence electrons. The van der Waals surface area contributed by atoms with Crippen LogP contribution in [0.3, 0.4) is 0 Å². The normalized spacial score (nSPS) is 13.2. The standard InChI is InChI=1S/C48H74O6/c1-4-7-10-13-16-18-20-22-24-26-28-30-32-35-38-41-47(50)53-44-45(43-52-46(49)40-37-34-15-12-9-6-3)54-48(51)42-39-36-33-31-29-27-25-23-21-19-17-14-11-8-5-2/h7-8,10-11,16-19,22-25,28-31,35,38,45H,4-6,9,12-15,20-21,26-27,32-34,36-37,39-44H2,1-3H3/b10-7-,11-8-,18-16-,19-17-,24-22-,25-23-,30-28-,31-29-,38-35-. The molecule has 0 saturated carbocycles. The van der Waals surface area contributed by atoms with Crippen molar-refractivity contribution in [1.82, 2.24) is 0 Å². The van der Waals surface area contributed by atoms with Crippen molar-refractivity contribution in [1.29, 1.82) is 0 Å². The lowest BCUT2D eigenvalue weighted by atomic mass is 10.1. The van der Waals surface area contributed by atoms with E-state index in [0.717, 1.165) is 89.9 Å². The minimum Gasteiger partial charge on any atom is -0.462 e. The van der Waals surface area contributed by atoms with Crippen LogP contribution in [0.25, 0.3) is 0 Å². The fourth-order valence-electron chi connectivity index (χ4n) is 4.97. The van der Waals surface area contributed by atoms with Crippen LogP contribution in [-0.4, -0.2) is 37.2 Å². The number of ether oxygens (including phenoxy) is 3. The minimum atomic E-state index is -0.836. The molecular formula is C48H74O6. The third-order valence-corrected chi connectivity index (χ3v) is 8.06. The van der Waals surface area contributed by atoms with Crippen molar-refractivity contribution in [2.45, 2.75) is 162 Å². The smallest absolute Gasteiger partial charge is 0.309 e. The first-order chi connectivity index (χ1) is 26.5. The van der Waals surface area contributed by atoms with Crippen molar-refractivity contribution in [2.75, 3.05) is 13.2 Å². The maximum absolute atomic E-state index is 12.6. The van der Waals surface area contributed by atoms with Gasteiger partial charge in [0.25, 0.3) is 0 Å². The summed E-state index contributed by atoms with van der Waals surface area (Å²) in [5.74, 6) is -1.13. The molecule has 0 aromatic rings. The van der Waals surface area contributed by atoms with Gasteiger partial charge < -0.3 is 14.2 Å². The number of hydrogen-bond acceptors (Lipinski definition) is 6. The van der Waals surface area contributed by atoms with E-state index in [1.165, 1.54) is 19.3 Å². The lowest BCUT2D eigenvalue weighted by molar-refractivity contribution is -0.166. The molecule has 0 rings (SSSR count). The summed E-state index contributed by atoms with van der Waals surface area (Å²) in [6.45, 7) is 6.17. The molecule has 0 bridgehead atoms. The Morgan fingerprint density at radius 2 is 0.796 bits per heavy atom. The van der Waals surface area contributed by atoms with Crippen LogP contribution in [-0.2, 0) is 28.6 Å². The molecule has 1 atom stereocenters. The van der Waals surface area contributed by atoms with Crippen LogP contribution >= 0.6 is 0 Å². The van der Waals surface area contributed by atoms with E-state index in [2.05, 4.69) is 118 Å². The molecule has 0 aliphatic heterocycles. The topological polar surface area (TPSA) is 78.9 Å². The third-order valence-electron chi connectivity index (χ3n) is 8.06. The third kappa shape index (κ3) is 39.3. The average molecular weight is 747 g/mol. The summed E-state index contributed by atoms with van der Waals surface area (Å²) in [5, 5.41) is 0. The summed E-state index contributed by atoms with van der Waals surface area (Å²) >= 11 is 0. The Balaban J connectivity index is 4.55. The van der Waals surface area contributed by atoms with E-state index in [1.807, 2.05) is 6.08 Å². The van der Waals surface area contributed by atoms with Gasteiger partial charge in [-0.3, -0.25) is 14.4 Å². The predicted molar refractivity (Wildman–Crippen MR) is 228 cm³/mol. The quantitative estimate of drug-likeness (QED) is 0.0278. The molecule has 0 aromatic carbocycles. The Morgan fingerprint density at radius 1 is 0.407 bits per heavy atom. The molecule has 6 heteroatoms. The van der Waals surface area contributed by atoms with Gasteiger partial charge in [0.05, 0.1) is 6.42 Å². The van der Waals surface area contributed by atoms with Crippen LogP contribution in [0.1, 0.15) is 156 Å². The molecule has 0 N–H and O–H groups in total. The number of rotatable bonds is 35. The van der Waals surface area contributed by atoms with E-state index in [-0.39, 0.29) is 38.0 Å². The van der Waals surface area contributed by atoms with E-state index in [4.69, 9.17) is 14.2 Å². The maximum atomic E-state index is 12.6. The second kappa shape index (κ2) is 41.8. The van der Waals surface area contributed by atoms with Gasteiger partial charge >= 0.3 is 17.9 Å². The first-order valence-corrected chi connectivity index (χ1v) is 20.9. The van der Waals surface area contributed by atoms with Gasteiger partial charge in [-0.05, 0) is 83.5 Å². The van der Waals surface area contributed by atoms with E-state index < -0.39 is 12.1 Å². The van der Waals surface area contributed by atoms with E-state index in [9.17, 15) is 14.4 Å². The summed E-state index contributed by atoms with van der Waals surface area (Å²) in [7, 11) is 0. The number of carbonyl (C=O) groups is 3. The van der Waals surface area contributed by atoms with Crippen LogP contribution in [0.4, 0.5) is 0 Å². The Bertz CT molecular complexity index is 1180. The van der Waals surface area contributed by atoms with Crippen LogP contribution < -0.4 is 0 Å². The Labute approximate surface area is 330 Å². The minimum absolute atomic E-state index is 0.114. The van der Waals surface area contributed by atoms with Gasteiger partial charge in [0.1, 0.15) is 13.2 Å². The Kier molecular flexibility index (Phi) is 38.8. The SMILES string of the molecule is CC/C=C\C/C=C\C/C=C\C/C=C\C/C=C\CC(=O)OCC(COC(=O)CCCCCCCC)OC(=O)CCCC/C=C\C/C=C\C/C=C\C/C=C\CC. The van der Waals surface area contributed by atoms with E-state index >= 15 is 0 Å². The molecule has 0 amide bonds. The second-order valence-corrected chi connectivity index (χ2v) is 13.2. The summed E-state index contributed by atoms with van der Waals surface area (Å²) in [6, 6.07) is 0. The second-order valence-electron chi connectivity index (χ2n) is 13.2. The molecule has 0 heterocycles. The number of unbranched alkanes of at least 4 members (excludes halogenated alkanes) is 7. The lowest BCUT2D eigenvalue weighted by Crippen LogP contribution is -2.30. The van der Waals surface area contributed by atoms with Gasteiger partial charge in [-0.15, -0.1) is 0 Å². The van der Waals surface area contributed by atoms with Gasteiger partial charge in [-0.1, -0.05) is 162 Å². The van der Waals surface area contributed by atoms with Crippen molar-refractivity contribution >= 4 is 17.9 Å². The zero-order valence-corrected chi connectivity index (χ0v) is 34.2. The molecule has 0 radical (unpaired) electrons. The largest absolute Gasteiger partial charge is 0.462 e. The number of esters is 3. The summed E-state index contributed by atoms with van der Waals surface area (Å²) in [6.07, 6.45) is 55.5. The van der Waals surface area contributed by atoms with Crippen molar-refractivity contribution in [2.24, 2.45) is 0 Å². The van der Waals surface area contributed by atoms with Crippen LogP contribution in [0.2, 0.25) is 0 Å². The van der Waals surface area contributed by atoms with Crippen molar-refractivity contribution < 1.29 is 28.6 Å². The molecule has 0 aliphatic carbocycles. The number of hydrogen-bond donors (Lipinski definition) is 0. The van der Waals surface area contributed by atoms with Gasteiger partial charge in [0, 0.05) is 12.8 Å². The summed E-state index contributed by atoms with van der Waals surface area (Å²) in [5.41, 5.74) is 0. The van der Waals surface area contributed by atoms with Crippen LogP contribution in [0.15, 0.2) is 109 Å². The first-order valence-electron chi connectivity index (χ1n) is 20.9. The Morgan fingerprint density at radius 3 is 1.30 bits per heavy atom. The highest BCUT2D eigenvalue weighted by Gasteiger charge is 2.19. The highest BCUT2D eigenvalue weighted by molar-refractivity contribution is 5.72. The van der Waals surface area contributed by atoms with Crippen molar-refractivity contribution in [3.8, 4) is 0 Å². The number of carbonyl (C=O) groups excluding carboxylic acids is 3. The zero-order valence-electron chi connectivity index (χ0n) is 34.2. The molecule has 6 nitrogen and oxygen atoms in total. The number of allylic oxidation sites excluding steroid dienone is 17. The van der Waals surface area contributed by atoms with Crippen molar-refractivity contribution in [3.05, 3.63) is 109 Å². The molecule has 0 spiro atoms. The van der Waals surface area contributed by atoms with Gasteiger partial charge in [-0.25, -0.2) is 0 Å². The van der Waals surface area contributed by atoms with Gasteiger partial charge in [0.2, 0.25) is 0 Å². The highest BCUT2D eigenvalue weighted by Crippen LogP contribution is 2.10. The molecule has 0 fully saturated rings. The van der Waals surface area contributed by atoms with Crippen LogP contribution in [0, 0.1) is 0 Å². The molecule has 0 aliphatic rings. The first kappa shape index (κ1) is 50.1. The van der Waals surface area contributed by atoms with Crippen molar-refractivity contribution in [3.63, 3.8) is 0 Å². The molecule has 54 heavy (non-hydrogen) atoms. The summed E-state index contributed by atoms with van der Waals surface area (Å²) < 4.78 is 16.4. The highest BCUT2D eigenvalue weighted by atomic mass is 16.6. The van der Waals surface area contributed by atoms with Gasteiger partial charge in [0.15, 0.2) is 6.10 Å². The maximum Gasteiger partial charge on any atom is 0.309 e. The van der Waals surface area contributed by atoms with Crippen LogP contribution in [0.5, 0.6) is 0 Å².